The molecule has 0 atom stereocenters. The van der Waals surface area contributed by atoms with E-state index in [1.54, 1.807) is 42.6 Å². The van der Waals surface area contributed by atoms with Crippen molar-refractivity contribution in [3.63, 3.8) is 0 Å². The zero-order valence-electron chi connectivity index (χ0n) is 19.0. The van der Waals surface area contributed by atoms with Crippen LogP contribution in [0.1, 0.15) is 22.3 Å². The second kappa shape index (κ2) is 8.99. The van der Waals surface area contributed by atoms with E-state index in [4.69, 9.17) is 0 Å². The number of aryl methyl sites for hydroxylation is 1. The first-order valence-electron chi connectivity index (χ1n) is 11.1. The first-order chi connectivity index (χ1) is 16.8. The lowest BCUT2D eigenvalue weighted by Crippen LogP contribution is -2.25. The number of anilines is 2. The van der Waals surface area contributed by atoms with E-state index in [1.807, 2.05) is 31.2 Å². The van der Waals surface area contributed by atoms with Gasteiger partial charge in [-0.05, 0) is 55.8 Å². The summed E-state index contributed by atoms with van der Waals surface area (Å²) in [7, 11) is -3.33. The van der Waals surface area contributed by atoms with Gasteiger partial charge in [-0.3, -0.25) is 9.10 Å². The molecule has 5 rings (SSSR count). The highest BCUT2D eigenvalue weighted by Crippen LogP contribution is 2.28. The van der Waals surface area contributed by atoms with Crippen LogP contribution in [0.5, 0.6) is 0 Å². The van der Waals surface area contributed by atoms with E-state index in [0.29, 0.717) is 41.3 Å². The van der Waals surface area contributed by atoms with Gasteiger partial charge in [0.25, 0.3) is 5.91 Å². The van der Waals surface area contributed by atoms with Gasteiger partial charge in [-0.15, -0.1) is 0 Å². The summed E-state index contributed by atoms with van der Waals surface area (Å²) in [6.07, 6.45) is 2.17. The second-order valence-electron chi connectivity index (χ2n) is 8.42. The number of benzene rings is 3. The van der Waals surface area contributed by atoms with Crippen molar-refractivity contribution in [2.24, 2.45) is 0 Å². The molecule has 3 aromatic carbocycles. The van der Waals surface area contributed by atoms with Crippen LogP contribution in [0.3, 0.4) is 0 Å². The summed E-state index contributed by atoms with van der Waals surface area (Å²) >= 11 is 0. The van der Waals surface area contributed by atoms with Crippen molar-refractivity contribution >= 4 is 27.3 Å². The summed E-state index contributed by atoms with van der Waals surface area (Å²) in [5.74, 6) is -0.639. The number of sulfonamides is 1. The minimum Gasteiger partial charge on any atom is -0.322 e. The van der Waals surface area contributed by atoms with Crippen LogP contribution in [0.4, 0.5) is 15.8 Å². The average Bonchev–Trinajstić information content (AvgIpc) is 3.43. The van der Waals surface area contributed by atoms with Crippen molar-refractivity contribution in [1.29, 1.82) is 0 Å². The van der Waals surface area contributed by atoms with Gasteiger partial charge in [0.15, 0.2) is 0 Å². The quantitative estimate of drug-likeness (QED) is 0.436. The number of nitrogens with one attached hydrogen (secondary N) is 1. The zero-order valence-corrected chi connectivity index (χ0v) is 19.8. The van der Waals surface area contributed by atoms with Crippen LogP contribution in [-0.4, -0.2) is 36.4 Å². The first-order valence-corrected chi connectivity index (χ1v) is 12.8. The third-order valence-corrected chi connectivity index (χ3v) is 7.74. The van der Waals surface area contributed by atoms with Crippen LogP contribution < -0.4 is 9.62 Å². The summed E-state index contributed by atoms with van der Waals surface area (Å²) < 4.78 is 40.9. The highest BCUT2D eigenvalue weighted by Gasteiger charge is 2.28. The molecule has 1 N–H and O–H groups in total. The summed E-state index contributed by atoms with van der Waals surface area (Å²) in [6, 6.07) is 20.3. The normalized spacial score (nSPS) is 14.7. The molecule has 1 amide bonds. The van der Waals surface area contributed by atoms with E-state index >= 15 is 0 Å². The van der Waals surface area contributed by atoms with Crippen molar-refractivity contribution in [3.05, 3.63) is 95.9 Å². The summed E-state index contributed by atoms with van der Waals surface area (Å²) in [4.78, 5) is 13.4. The molecule has 1 fully saturated rings. The Morgan fingerprint density at radius 2 is 1.74 bits per heavy atom. The average molecular weight is 491 g/mol. The number of aromatic nitrogens is 2. The molecule has 178 valence electrons. The van der Waals surface area contributed by atoms with Crippen molar-refractivity contribution in [2.45, 2.75) is 13.3 Å². The lowest BCUT2D eigenvalue weighted by atomic mass is 10.1. The number of carbonyl (C=O) groups is 1. The van der Waals surface area contributed by atoms with Crippen LogP contribution >= 0.6 is 0 Å². The smallest absolute Gasteiger partial charge is 0.259 e. The molecule has 0 bridgehead atoms. The molecule has 2 heterocycles. The van der Waals surface area contributed by atoms with E-state index in [2.05, 4.69) is 10.4 Å². The summed E-state index contributed by atoms with van der Waals surface area (Å²) in [5, 5.41) is 7.49. The van der Waals surface area contributed by atoms with E-state index in [9.17, 15) is 17.6 Å². The van der Waals surface area contributed by atoms with Crippen molar-refractivity contribution in [1.82, 2.24) is 9.78 Å². The standard InChI is InChI=1S/C26H23FN4O3S/c1-18-6-8-19(9-7-18)25-24(17-30(29-25)22-12-10-20(27)11-13-22)26(32)28-21-4-2-5-23(16-21)31-14-3-15-35(31,33)34/h2,4-13,16-17H,3,14-15H2,1H3,(H,28,32). The fourth-order valence-electron chi connectivity index (χ4n) is 4.06. The Bertz CT molecular complexity index is 1500. The van der Waals surface area contributed by atoms with Crippen LogP contribution in [0.15, 0.2) is 79.0 Å². The maximum Gasteiger partial charge on any atom is 0.259 e. The number of hydrogen-bond donors (Lipinski definition) is 1. The van der Waals surface area contributed by atoms with Crippen molar-refractivity contribution in [3.8, 4) is 16.9 Å². The molecule has 0 radical (unpaired) electrons. The van der Waals surface area contributed by atoms with Gasteiger partial charge in [0, 0.05) is 24.0 Å². The van der Waals surface area contributed by atoms with Gasteiger partial charge in [-0.2, -0.15) is 5.10 Å². The molecule has 1 aliphatic rings. The molecule has 4 aromatic rings. The topological polar surface area (TPSA) is 84.3 Å². The molecule has 0 aliphatic carbocycles. The van der Waals surface area contributed by atoms with Gasteiger partial charge in [-0.1, -0.05) is 35.9 Å². The fraction of sp³-hybridized carbons (Fsp3) is 0.154. The van der Waals surface area contributed by atoms with Gasteiger partial charge in [0.1, 0.15) is 11.5 Å². The number of amides is 1. The predicted octanol–water partition coefficient (Wildman–Crippen LogP) is 4.78. The highest BCUT2D eigenvalue weighted by molar-refractivity contribution is 7.93. The molecular weight excluding hydrogens is 467 g/mol. The molecule has 1 saturated heterocycles. The molecule has 7 nitrogen and oxygen atoms in total. The van der Waals surface area contributed by atoms with Gasteiger partial charge < -0.3 is 5.32 Å². The summed E-state index contributed by atoms with van der Waals surface area (Å²) in [6.45, 7) is 2.39. The van der Waals surface area contributed by atoms with E-state index in [1.165, 1.54) is 21.1 Å². The van der Waals surface area contributed by atoms with E-state index in [0.717, 1.165) is 11.1 Å². The highest BCUT2D eigenvalue weighted by atomic mass is 32.2. The van der Waals surface area contributed by atoms with Crippen molar-refractivity contribution < 1.29 is 17.6 Å². The Kier molecular flexibility index (Phi) is 5.86. The Hall–Kier alpha value is -3.98. The minimum absolute atomic E-state index is 0.117. The van der Waals surface area contributed by atoms with Gasteiger partial charge in [-0.25, -0.2) is 17.5 Å². The Morgan fingerprint density at radius 1 is 1.00 bits per heavy atom. The van der Waals surface area contributed by atoms with Gasteiger partial charge in [0.05, 0.1) is 22.7 Å². The van der Waals surface area contributed by atoms with Crippen molar-refractivity contribution in [2.75, 3.05) is 21.9 Å². The Balaban J connectivity index is 1.50. The van der Waals surface area contributed by atoms with Crippen LogP contribution in [0.2, 0.25) is 0 Å². The maximum atomic E-state index is 13.4. The molecule has 0 spiro atoms. The van der Waals surface area contributed by atoms with E-state index < -0.39 is 15.9 Å². The predicted molar refractivity (Wildman–Crippen MR) is 134 cm³/mol. The zero-order chi connectivity index (χ0) is 24.6. The summed E-state index contributed by atoms with van der Waals surface area (Å²) in [5.41, 5.74) is 4.24. The van der Waals surface area contributed by atoms with Gasteiger partial charge in [0.2, 0.25) is 10.0 Å². The van der Waals surface area contributed by atoms with Gasteiger partial charge >= 0.3 is 0 Å². The largest absolute Gasteiger partial charge is 0.322 e. The lowest BCUT2D eigenvalue weighted by molar-refractivity contribution is 0.102. The molecule has 0 unspecified atom stereocenters. The Morgan fingerprint density at radius 3 is 2.43 bits per heavy atom. The number of rotatable bonds is 5. The number of carbonyl (C=O) groups excluding carboxylic acids is 1. The SMILES string of the molecule is Cc1ccc(-c2nn(-c3ccc(F)cc3)cc2C(=O)Nc2cccc(N3CCCS3(=O)=O)c2)cc1. The third kappa shape index (κ3) is 4.67. The maximum absolute atomic E-state index is 13.4. The number of halogens is 1. The number of nitrogens with zero attached hydrogens (tertiary/aromatic N) is 3. The molecule has 1 aliphatic heterocycles. The lowest BCUT2D eigenvalue weighted by Gasteiger charge is -2.17. The minimum atomic E-state index is -3.33. The monoisotopic (exact) mass is 490 g/mol. The second-order valence-corrected chi connectivity index (χ2v) is 10.4. The van der Waals surface area contributed by atoms with E-state index in [-0.39, 0.29) is 11.6 Å². The molecular formula is C26H23FN4O3S. The number of hydrogen-bond acceptors (Lipinski definition) is 4. The van der Waals surface area contributed by atoms with Crippen LogP contribution in [0.25, 0.3) is 16.9 Å². The molecule has 1 aromatic heterocycles. The molecule has 0 saturated carbocycles. The molecule has 9 heteroatoms. The fourth-order valence-corrected chi connectivity index (χ4v) is 5.61. The Labute approximate surface area is 202 Å². The van der Waals surface area contributed by atoms with Crippen LogP contribution in [-0.2, 0) is 10.0 Å². The first kappa shape index (κ1) is 22.8. The third-order valence-electron chi connectivity index (χ3n) is 5.87. The van der Waals surface area contributed by atoms with Crippen LogP contribution in [0, 0.1) is 12.7 Å². The molecule has 35 heavy (non-hydrogen) atoms.